The van der Waals surface area contributed by atoms with Crippen molar-refractivity contribution in [2.24, 2.45) is 10.7 Å². The van der Waals surface area contributed by atoms with Crippen molar-refractivity contribution in [2.45, 2.75) is 19.9 Å². The highest BCUT2D eigenvalue weighted by atomic mass is 15.3. The van der Waals surface area contributed by atoms with Gasteiger partial charge in [-0.1, -0.05) is 13.0 Å². The summed E-state index contributed by atoms with van der Waals surface area (Å²) in [6, 6.07) is 0. The maximum Gasteiger partial charge on any atom is 0.188 e. The van der Waals surface area contributed by atoms with Crippen LogP contribution in [-0.4, -0.2) is 33.8 Å². The standard InChI is InChI=1S/C10H18N6/c1-3-5-12-10(11)13-6-7-16-8-14-15-9(16)4-2/h3,8H,1,4-7H2,2H3,(H3,11,12,13). The number of aromatic nitrogens is 3. The first kappa shape index (κ1) is 12.2. The molecule has 0 spiro atoms. The molecule has 1 rings (SSSR count). The SMILES string of the molecule is C=CCNC(N)=NCCn1cnnc1CC. The van der Waals surface area contributed by atoms with Crippen LogP contribution >= 0.6 is 0 Å². The van der Waals surface area contributed by atoms with Crippen LogP contribution in [-0.2, 0) is 13.0 Å². The summed E-state index contributed by atoms with van der Waals surface area (Å²) < 4.78 is 1.98. The zero-order chi connectivity index (χ0) is 11.8. The van der Waals surface area contributed by atoms with E-state index in [0.29, 0.717) is 19.0 Å². The number of nitrogens with one attached hydrogen (secondary N) is 1. The first-order chi connectivity index (χ1) is 7.77. The fraction of sp³-hybridized carbons (Fsp3) is 0.500. The summed E-state index contributed by atoms with van der Waals surface area (Å²) in [5, 5.41) is 10.7. The van der Waals surface area contributed by atoms with E-state index in [9.17, 15) is 0 Å². The molecule has 88 valence electrons. The molecule has 0 bridgehead atoms. The average molecular weight is 222 g/mol. The van der Waals surface area contributed by atoms with Gasteiger partial charge in [0.15, 0.2) is 5.96 Å². The topological polar surface area (TPSA) is 81.1 Å². The van der Waals surface area contributed by atoms with Crippen molar-refractivity contribution >= 4 is 5.96 Å². The quantitative estimate of drug-likeness (QED) is 0.401. The molecule has 1 heterocycles. The van der Waals surface area contributed by atoms with Gasteiger partial charge >= 0.3 is 0 Å². The van der Waals surface area contributed by atoms with Crippen molar-refractivity contribution < 1.29 is 0 Å². The minimum atomic E-state index is 0.436. The first-order valence-electron chi connectivity index (χ1n) is 5.29. The number of hydrogen-bond donors (Lipinski definition) is 2. The van der Waals surface area contributed by atoms with E-state index in [4.69, 9.17) is 5.73 Å². The van der Waals surface area contributed by atoms with Crippen LogP contribution in [0.3, 0.4) is 0 Å². The molecule has 0 atom stereocenters. The Kier molecular flexibility index (Phi) is 5.04. The van der Waals surface area contributed by atoms with E-state index in [-0.39, 0.29) is 0 Å². The van der Waals surface area contributed by atoms with Crippen LogP contribution < -0.4 is 11.1 Å². The smallest absolute Gasteiger partial charge is 0.188 e. The Balaban J connectivity index is 2.37. The zero-order valence-corrected chi connectivity index (χ0v) is 9.56. The van der Waals surface area contributed by atoms with Gasteiger partial charge in [0.25, 0.3) is 0 Å². The summed E-state index contributed by atoms with van der Waals surface area (Å²) in [6.45, 7) is 7.61. The third kappa shape index (κ3) is 3.72. The van der Waals surface area contributed by atoms with Gasteiger partial charge in [-0.05, 0) is 0 Å². The van der Waals surface area contributed by atoms with Gasteiger partial charge in [0, 0.05) is 19.5 Å². The van der Waals surface area contributed by atoms with Gasteiger partial charge in [-0.3, -0.25) is 4.99 Å². The minimum Gasteiger partial charge on any atom is -0.370 e. The molecule has 1 aromatic heterocycles. The molecule has 0 saturated carbocycles. The number of rotatable bonds is 6. The molecule has 0 fully saturated rings. The fourth-order valence-corrected chi connectivity index (χ4v) is 1.25. The highest BCUT2D eigenvalue weighted by molar-refractivity contribution is 5.77. The summed E-state index contributed by atoms with van der Waals surface area (Å²) >= 11 is 0. The van der Waals surface area contributed by atoms with Crippen molar-refractivity contribution in [3.05, 3.63) is 24.8 Å². The van der Waals surface area contributed by atoms with Crippen molar-refractivity contribution in [1.82, 2.24) is 20.1 Å². The van der Waals surface area contributed by atoms with Crippen LogP contribution in [0, 0.1) is 0 Å². The van der Waals surface area contributed by atoms with Crippen molar-refractivity contribution in [2.75, 3.05) is 13.1 Å². The van der Waals surface area contributed by atoms with E-state index in [2.05, 4.69) is 27.1 Å². The summed E-state index contributed by atoms with van der Waals surface area (Å²) in [5.74, 6) is 1.40. The maximum atomic E-state index is 5.62. The van der Waals surface area contributed by atoms with Gasteiger partial charge in [-0.2, -0.15) is 0 Å². The van der Waals surface area contributed by atoms with E-state index in [0.717, 1.165) is 18.8 Å². The van der Waals surface area contributed by atoms with E-state index >= 15 is 0 Å². The third-order valence-corrected chi connectivity index (χ3v) is 2.06. The van der Waals surface area contributed by atoms with Gasteiger partial charge < -0.3 is 15.6 Å². The predicted molar refractivity (Wildman–Crippen MR) is 64.1 cm³/mol. The Morgan fingerprint density at radius 1 is 1.75 bits per heavy atom. The molecule has 3 N–H and O–H groups in total. The molecule has 0 saturated heterocycles. The Labute approximate surface area is 95.3 Å². The van der Waals surface area contributed by atoms with Gasteiger partial charge in [0.2, 0.25) is 0 Å². The van der Waals surface area contributed by atoms with E-state index in [1.807, 2.05) is 11.5 Å². The molecular weight excluding hydrogens is 204 g/mol. The van der Waals surface area contributed by atoms with Gasteiger partial charge in [-0.15, -0.1) is 16.8 Å². The van der Waals surface area contributed by atoms with Crippen LogP contribution in [0.15, 0.2) is 24.0 Å². The Morgan fingerprint density at radius 3 is 3.25 bits per heavy atom. The molecule has 0 aliphatic rings. The molecule has 0 amide bonds. The van der Waals surface area contributed by atoms with Gasteiger partial charge in [0.1, 0.15) is 12.2 Å². The number of hydrogen-bond acceptors (Lipinski definition) is 3. The largest absolute Gasteiger partial charge is 0.370 e. The number of aliphatic imine (C=N–C) groups is 1. The van der Waals surface area contributed by atoms with Crippen LogP contribution in [0.25, 0.3) is 0 Å². The Morgan fingerprint density at radius 2 is 2.56 bits per heavy atom. The molecular formula is C10H18N6. The van der Waals surface area contributed by atoms with Crippen LogP contribution in [0.1, 0.15) is 12.7 Å². The highest BCUT2D eigenvalue weighted by Crippen LogP contribution is 1.95. The maximum absolute atomic E-state index is 5.62. The lowest BCUT2D eigenvalue weighted by molar-refractivity contribution is 0.665. The molecule has 6 nitrogen and oxygen atoms in total. The third-order valence-electron chi connectivity index (χ3n) is 2.06. The molecule has 0 aliphatic carbocycles. The molecule has 6 heteroatoms. The van der Waals surface area contributed by atoms with Crippen molar-refractivity contribution in [1.29, 1.82) is 0 Å². The summed E-state index contributed by atoms with van der Waals surface area (Å²) in [7, 11) is 0. The number of nitrogens with zero attached hydrogens (tertiary/aromatic N) is 4. The lowest BCUT2D eigenvalue weighted by Crippen LogP contribution is -2.32. The van der Waals surface area contributed by atoms with Crippen molar-refractivity contribution in [3.8, 4) is 0 Å². The van der Waals surface area contributed by atoms with Gasteiger partial charge in [0.05, 0.1) is 6.54 Å². The van der Waals surface area contributed by atoms with Crippen LogP contribution in [0.5, 0.6) is 0 Å². The second-order valence-electron chi connectivity index (χ2n) is 3.23. The molecule has 0 aromatic carbocycles. The van der Waals surface area contributed by atoms with Crippen LogP contribution in [0.2, 0.25) is 0 Å². The lowest BCUT2D eigenvalue weighted by Gasteiger charge is -2.04. The molecule has 0 aliphatic heterocycles. The normalized spacial score (nSPS) is 11.4. The minimum absolute atomic E-state index is 0.436. The van der Waals surface area contributed by atoms with E-state index in [1.165, 1.54) is 0 Å². The number of guanidine groups is 1. The summed E-state index contributed by atoms with van der Waals surface area (Å²) in [5.41, 5.74) is 5.62. The second kappa shape index (κ2) is 6.60. The highest BCUT2D eigenvalue weighted by Gasteiger charge is 1.99. The summed E-state index contributed by atoms with van der Waals surface area (Å²) in [4.78, 5) is 4.17. The van der Waals surface area contributed by atoms with Crippen LogP contribution in [0.4, 0.5) is 0 Å². The average Bonchev–Trinajstić information content (AvgIpc) is 2.74. The van der Waals surface area contributed by atoms with Gasteiger partial charge in [-0.25, -0.2) is 0 Å². The Hall–Kier alpha value is -1.85. The number of nitrogens with two attached hydrogens (primary N) is 1. The summed E-state index contributed by atoms with van der Waals surface area (Å²) in [6.07, 6.45) is 4.31. The molecule has 0 unspecified atom stereocenters. The van der Waals surface area contributed by atoms with Crippen molar-refractivity contribution in [3.63, 3.8) is 0 Å². The van der Waals surface area contributed by atoms with E-state index < -0.39 is 0 Å². The molecule has 16 heavy (non-hydrogen) atoms. The zero-order valence-electron chi connectivity index (χ0n) is 9.56. The Bertz CT molecular complexity index is 354. The fourth-order valence-electron chi connectivity index (χ4n) is 1.25. The van der Waals surface area contributed by atoms with E-state index in [1.54, 1.807) is 12.4 Å². The predicted octanol–water partition coefficient (Wildman–Crippen LogP) is -0.0692. The first-order valence-corrected chi connectivity index (χ1v) is 5.29. The monoisotopic (exact) mass is 222 g/mol. The molecule has 1 aromatic rings. The number of aryl methyl sites for hydroxylation is 1. The lowest BCUT2D eigenvalue weighted by atomic mass is 10.4. The second-order valence-corrected chi connectivity index (χ2v) is 3.23. The molecule has 0 radical (unpaired) electrons.